The highest BCUT2D eigenvalue weighted by molar-refractivity contribution is 9.10. The Morgan fingerprint density at radius 2 is 1.60 bits per heavy atom. The molecule has 0 unspecified atom stereocenters. The molecule has 3 aromatic rings. The van der Waals surface area contributed by atoms with Gasteiger partial charge in [-0.3, -0.25) is 0 Å². The monoisotopic (exact) mass is 327 g/mol. The standard InChI is InChI=1S/C16H14BrN3/c1-11-16(18-10-12-6-8-13(17)9-7-12)20-15-5-3-2-4-14(15)19-11/h2-9H,10H2,1H3,(H,18,20). The number of fused-ring (bicyclic) bond motifs is 1. The number of aryl methyl sites for hydroxylation is 1. The number of para-hydroxylation sites is 2. The van der Waals surface area contributed by atoms with Crippen molar-refractivity contribution >= 4 is 32.8 Å². The van der Waals surface area contributed by atoms with Crippen LogP contribution in [0.3, 0.4) is 0 Å². The van der Waals surface area contributed by atoms with Crippen LogP contribution in [0, 0.1) is 6.92 Å². The lowest BCUT2D eigenvalue weighted by Gasteiger charge is -2.09. The van der Waals surface area contributed by atoms with Crippen LogP contribution in [-0.4, -0.2) is 9.97 Å². The topological polar surface area (TPSA) is 37.8 Å². The van der Waals surface area contributed by atoms with Gasteiger partial charge >= 0.3 is 0 Å². The first-order chi connectivity index (χ1) is 9.72. The van der Waals surface area contributed by atoms with Gasteiger partial charge in [-0.1, -0.05) is 40.2 Å². The SMILES string of the molecule is Cc1nc2ccccc2nc1NCc1ccc(Br)cc1. The van der Waals surface area contributed by atoms with E-state index in [4.69, 9.17) is 0 Å². The van der Waals surface area contributed by atoms with Crippen LogP contribution in [0.25, 0.3) is 11.0 Å². The van der Waals surface area contributed by atoms with Crippen LogP contribution in [0.15, 0.2) is 53.0 Å². The Morgan fingerprint density at radius 1 is 0.950 bits per heavy atom. The van der Waals surface area contributed by atoms with E-state index in [1.54, 1.807) is 0 Å². The minimum Gasteiger partial charge on any atom is -0.364 e. The lowest BCUT2D eigenvalue weighted by molar-refractivity contribution is 1.08. The zero-order chi connectivity index (χ0) is 13.9. The van der Waals surface area contributed by atoms with Gasteiger partial charge in [0, 0.05) is 11.0 Å². The van der Waals surface area contributed by atoms with E-state index in [1.807, 2.05) is 43.3 Å². The van der Waals surface area contributed by atoms with Gasteiger partial charge < -0.3 is 5.32 Å². The van der Waals surface area contributed by atoms with Crippen molar-refractivity contribution in [3.63, 3.8) is 0 Å². The summed E-state index contributed by atoms with van der Waals surface area (Å²) in [6.45, 7) is 2.71. The molecular formula is C16H14BrN3. The van der Waals surface area contributed by atoms with Crippen molar-refractivity contribution in [2.45, 2.75) is 13.5 Å². The first kappa shape index (κ1) is 13.1. The molecule has 2 aromatic carbocycles. The Morgan fingerprint density at radius 3 is 2.30 bits per heavy atom. The predicted octanol–water partition coefficient (Wildman–Crippen LogP) is 4.31. The number of anilines is 1. The average Bonchev–Trinajstić information content (AvgIpc) is 2.47. The van der Waals surface area contributed by atoms with E-state index in [-0.39, 0.29) is 0 Å². The zero-order valence-electron chi connectivity index (χ0n) is 11.1. The highest BCUT2D eigenvalue weighted by Gasteiger charge is 2.04. The highest BCUT2D eigenvalue weighted by Crippen LogP contribution is 2.17. The zero-order valence-corrected chi connectivity index (χ0v) is 12.7. The molecule has 1 heterocycles. The van der Waals surface area contributed by atoms with Crippen LogP contribution in [0.4, 0.5) is 5.82 Å². The summed E-state index contributed by atoms with van der Waals surface area (Å²) in [6, 6.07) is 16.2. The summed E-state index contributed by atoms with van der Waals surface area (Å²) in [7, 11) is 0. The van der Waals surface area contributed by atoms with E-state index in [2.05, 4.69) is 43.3 Å². The maximum atomic E-state index is 4.62. The van der Waals surface area contributed by atoms with Crippen molar-refractivity contribution in [3.05, 3.63) is 64.3 Å². The number of halogens is 1. The Bertz CT molecular complexity index is 738. The fourth-order valence-electron chi connectivity index (χ4n) is 2.04. The molecule has 0 amide bonds. The second-order valence-electron chi connectivity index (χ2n) is 4.63. The van der Waals surface area contributed by atoms with Crippen molar-refractivity contribution in [1.29, 1.82) is 0 Å². The molecule has 0 aliphatic heterocycles. The first-order valence-electron chi connectivity index (χ1n) is 6.44. The van der Waals surface area contributed by atoms with E-state index < -0.39 is 0 Å². The Kier molecular flexibility index (Phi) is 3.65. The van der Waals surface area contributed by atoms with Gasteiger partial charge in [-0.15, -0.1) is 0 Å². The van der Waals surface area contributed by atoms with Gasteiger partial charge in [-0.25, -0.2) is 9.97 Å². The quantitative estimate of drug-likeness (QED) is 0.778. The van der Waals surface area contributed by atoms with Crippen molar-refractivity contribution in [1.82, 2.24) is 9.97 Å². The van der Waals surface area contributed by atoms with Crippen molar-refractivity contribution in [3.8, 4) is 0 Å². The first-order valence-corrected chi connectivity index (χ1v) is 7.23. The maximum Gasteiger partial charge on any atom is 0.148 e. The van der Waals surface area contributed by atoms with Crippen LogP contribution >= 0.6 is 15.9 Å². The van der Waals surface area contributed by atoms with E-state index in [0.717, 1.165) is 33.6 Å². The second-order valence-corrected chi connectivity index (χ2v) is 5.54. The third-order valence-electron chi connectivity index (χ3n) is 3.12. The fourth-order valence-corrected chi connectivity index (χ4v) is 2.31. The smallest absolute Gasteiger partial charge is 0.148 e. The molecule has 0 aliphatic carbocycles. The lowest BCUT2D eigenvalue weighted by Crippen LogP contribution is -2.04. The molecule has 4 heteroatoms. The molecular weight excluding hydrogens is 314 g/mol. The Hall–Kier alpha value is -1.94. The molecule has 0 saturated carbocycles. The summed E-state index contributed by atoms with van der Waals surface area (Å²) in [5, 5.41) is 3.35. The predicted molar refractivity (Wildman–Crippen MR) is 85.7 cm³/mol. The van der Waals surface area contributed by atoms with Gasteiger partial charge in [0.25, 0.3) is 0 Å². The molecule has 0 spiro atoms. The van der Waals surface area contributed by atoms with Crippen LogP contribution in [0.5, 0.6) is 0 Å². The molecule has 0 bridgehead atoms. The van der Waals surface area contributed by atoms with E-state index >= 15 is 0 Å². The van der Waals surface area contributed by atoms with Gasteiger partial charge in [0.1, 0.15) is 5.82 Å². The summed E-state index contributed by atoms with van der Waals surface area (Å²) in [5.41, 5.74) is 3.97. The maximum absolute atomic E-state index is 4.62. The van der Waals surface area contributed by atoms with E-state index in [0.29, 0.717) is 0 Å². The molecule has 3 nitrogen and oxygen atoms in total. The van der Waals surface area contributed by atoms with Gasteiger partial charge in [-0.05, 0) is 36.8 Å². The Balaban J connectivity index is 1.83. The number of hydrogen-bond acceptors (Lipinski definition) is 3. The Labute approximate surface area is 126 Å². The van der Waals surface area contributed by atoms with Crippen molar-refractivity contribution in [2.24, 2.45) is 0 Å². The molecule has 0 saturated heterocycles. The summed E-state index contributed by atoms with van der Waals surface area (Å²) in [5.74, 6) is 0.839. The minimum absolute atomic E-state index is 0.737. The lowest BCUT2D eigenvalue weighted by atomic mass is 10.2. The summed E-state index contributed by atoms with van der Waals surface area (Å²) >= 11 is 3.44. The van der Waals surface area contributed by atoms with E-state index in [1.165, 1.54) is 5.56 Å². The van der Waals surface area contributed by atoms with Gasteiger partial charge in [0.2, 0.25) is 0 Å². The number of hydrogen-bond donors (Lipinski definition) is 1. The van der Waals surface area contributed by atoms with Crippen molar-refractivity contribution in [2.75, 3.05) is 5.32 Å². The van der Waals surface area contributed by atoms with Gasteiger partial charge in [-0.2, -0.15) is 0 Å². The van der Waals surface area contributed by atoms with Crippen LogP contribution < -0.4 is 5.32 Å². The number of nitrogens with one attached hydrogen (secondary N) is 1. The average molecular weight is 328 g/mol. The number of benzene rings is 2. The number of rotatable bonds is 3. The fraction of sp³-hybridized carbons (Fsp3) is 0.125. The van der Waals surface area contributed by atoms with Gasteiger partial charge in [0.05, 0.1) is 16.7 Å². The van der Waals surface area contributed by atoms with Crippen molar-refractivity contribution < 1.29 is 0 Å². The second kappa shape index (κ2) is 5.59. The number of aromatic nitrogens is 2. The summed E-state index contributed by atoms with van der Waals surface area (Å²) < 4.78 is 1.09. The van der Waals surface area contributed by atoms with Crippen LogP contribution in [0.2, 0.25) is 0 Å². The largest absolute Gasteiger partial charge is 0.364 e. The third kappa shape index (κ3) is 2.80. The normalized spacial score (nSPS) is 10.7. The summed E-state index contributed by atoms with van der Waals surface area (Å²) in [6.07, 6.45) is 0. The van der Waals surface area contributed by atoms with E-state index in [9.17, 15) is 0 Å². The van der Waals surface area contributed by atoms with Crippen LogP contribution in [0.1, 0.15) is 11.3 Å². The number of nitrogens with zero attached hydrogens (tertiary/aromatic N) is 2. The molecule has 100 valence electrons. The molecule has 0 fully saturated rings. The van der Waals surface area contributed by atoms with Gasteiger partial charge in [0.15, 0.2) is 0 Å². The molecule has 0 atom stereocenters. The molecule has 1 aromatic heterocycles. The molecule has 20 heavy (non-hydrogen) atoms. The molecule has 1 N–H and O–H groups in total. The van der Waals surface area contributed by atoms with Crippen LogP contribution in [-0.2, 0) is 6.54 Å². The minimum atomic E-state index is 0.737. The highest BCUT2D eigenvalue weighted by atomic mass is 79.9. The summed E-state index contributed by atoms with van der Waals surface area (Å²) in [4.78, 5) is 9.19. The molecule has 0 aliphatic rings. The molecule has 0 radical (unpaired) electrons. The third-order valence-corrected chi connectivity index (χ3v) is 3.65. The molecule has 3 rings (SSSR count).